The topological polar surface area (TPSA) is 77.4 Å². The lowest BCUT2D eigenvalue weighted by Crippen LogP contribution is -2.23. The van der Waals surface area contributed by atoms with Crippen molar-refractivity contribution in [2.45, 2.75) is 44.8 Å². The lowest BCUT2D eigenvalue weighted by atomic mass is 9.81. The molecule has 0 saturated heterocycles. The minimum atomic E-state index is -0.737. The summed E-state index contributed by atoms with van der Waals surface area (Å²) >= 11 is 0. The summed E-state index contributed by atoms with van der Waals surface area (Å²) in [5.74, 6) is 1.40. The number of ether oxygens (including phenoxy) is 4. The molecule has 3 aromatic rings. The number of benzene rings is 3. The van der Waals surface area contributed by atoms with Gasteiger partial charge in [0.05, 0.1) is 13.2 Å². The molecule has 2 atom stereocenters. The second-order valence-corrected chi connectivity index (χ2v) is 9.04. The van der Waals surface area contributed by atoms with Crippen LogP contribution in [0.2, 0.25) is 0 Å². The fraction of sp³-hybridized carbons (Fsp3) is 0.481. The summed E-state index contributed by atoms with van der Waals surface area (Å²) in [6, 6.07) is 14.2. The molecule has 0 heterocycles. The monoisotopic (exact) mass is 456 g/mol. The van der Waals surface area contributed by atoms with Crippen molar-refractivity contribution in [3.8, 4) is 11.5 Å². The lowest BCUT2D eigenvalue weighted by Gasteiger charge is -2.25. The number of aliphatic hydroxyl groups excluding tert-OH is 2. The first-order chi connectivity index (χ1) is 15.8. The average molecular weight is 457 g/mol. The van der Waals surface area contributed by atoms with Gasteiger partial charge < -0.3 is 29.2 Å². The first-order valence-corrected chi connectivity index (χ1v) is 11.4. The van der Waals surface area contributed by atoms with Crippen molar-refractivity contribution in [3.05, 3.63) is 48.0 Å². The minimum Gasteiger partial charge on any atom is -0.489 e. The van der Waals surface area contributed by atoms with E-state index in [2.05, 4.69) is 39.0 Å². The number of rotatable bonds is 12. The van der Waals surface area contributed by atoms with Gasteiger partial charge in [-0.1, -0.05) is 57.2 Å². The van der Waals surface area contributed by atoms with Gasteiger partial charge >= 0.3 is 0 Å². The highest BCUT2D eigenvalue weighted by atomic mass is 16.5. The Hall–Kier alpha value is -2.38. The molecule has 2 unspecified atom stereocenters. The van der Waals surface area contributed by atoms with E-state index < -0.39 is 12.2 Å². The Morgan fingerprint density at radius 2 is 1.21 bits per heavy atom. The minimum absolute atomic E-state index is 0.0116. The van der Waals surface area contributed by atoms with E-state index in [0.717, 1.165) is 28.0 Å². The number of fused-ring (bicyclic) bond motifs is 2. The smallest absolute Gasteiger partial charge is 0.135 e. The molecule has 0 amide bonds. The van der Waals surface area contributed by atoms with Crippen LogP contribution in [0, 0.1) is 0 Å². The second-order valence-electron chi connectivity index (χ2n) is 9.04. The maximum absolute atomic E-state index is 10.2. The molecule has 6 heteroatoms. The van der Waals surface area contributed by atoms with E-state index >= 15 is 0 Å². The van der Waals surface area contributed by atoms with Gasteiger partial charge in [-0.05, 0) is 23.5 Å². The zero-order valence-corrected chi connectivity index (χ0v) is 20.3. The summed E-state index contributed by atoms with van der Waals surface area (Å²) < 4.78 is 22.5. The highest BCUT2D eigenvalue weighted by Crippen LogP contribution is 2.44. The zero-order valence-electron chi connectivity index (χ0n) is 20.3. The third kappa shape index (κ3) is 5.76. The van der Waals surface area contributed by atoms with Gasteiger partial charge in [0.2, 0.25) is 0 Å². The third-order valence-corrected chi connectivity index (χ3v) is 6.15. The fourth-order valence-corrected chi connectivity index (χ4v) is 3.88. The molecule has 3 rings (SSSR count). The Kier molecular flexibility index (Phi) is 8.54. The summed E-state index contributed by atoms with van der Waals surface area (Å²) in [6.07, 6.45) is -0.483. The van der Waals surface area contributed by atoms with Gasteiger partial charge in [0.1, 0.15) is 36.9 Å². The highest BCUT2D eigenvalue weighted by Gasteiger charge is 2.23. The van der Waals surface area contributed by atoms with Crippen molar-refractivity contribution in [3.63, 3.8) is 0 Å². The Bertz CT molecular complexity index is 1060. The molecule has 0 aliphatic carbocycles. The van der Waals surface area contributed by atoms with Crippen molar-refractivity contribution in [1.82, 2.24) is 0 Å². The summed E-state index contributed by atoms with van der Waals surface area (Å²) in [4.78, 5) is 0. The van der Waals surface area contributed by atoms with Crippen LogP contribution >= 0.6 is 0 Å². The van der Waals surface area contributed by atoms with E-state index in [1.807, 2.05) is 24.3 Å². The van der Waals surface area contributed by atoms with Crippen LogP contribution in [0.3, 0.4) is 0 Å². The van der Waals surface area contributed by atoms with E-state index in [-0.39, 0.29) is 31.8 Å². The summed E-state index contributed by atoms with van der Waals surface area (Å²) in [6.45, 7) is 7.23. The molecule has 0 saturated carbocycles. The van der Waals surface area contributed by atoms with Crippen LogP contribution in [0.5, 0.6) is 11.5 Å². The normalized spacial score (nSPS) is 13.9. The van der Waals surface area contributed by atoms with Crippen LogP contribution in [-0.4, -0.2) is 63.1 Å². The van der Waals surface area contributed by atoms with Gasteiger partial charge in [0.25, 0.3) is 0 Å². The molecule has 33 heavy (non-hydrogen) atoms. The van der Waals surface area contributed by atoms with Gasteiger partial charge in [-0.25, -0.2) is 0 Å². The number of hydrogen-bond acceptors (Lipinski definition) is 6. The standard InChI is InChI=1S/C27H36O6/c1-6-27(2,3)18-11-12-23-24(13-18)26(33-17-20(29)15-31-5)22-10-8-7-9-21(22)25(23)32-16-19(28)14-30-4/h7-13,19-20,28-29H,6,14-17H2,1-5H3. The largest absolute Gasteiger partial charge is 0.489 e. The van der Waals surface area contributed by atoms with Crippen LogP contribution < -0.4 is 9.47 Å². The Morgan fingerprint density at radius 3 is 1.70 bits per heavy atom. The van der Waals surface area contributed by atoms with Crippen molar-refractivity contribution in [2.24, 2.45) is 0 Å². The van der Waals surface area contributed by atoms with Gasteiger partial charge in [0, 0.05) is 35.8 Å². The fourth-order valence-electron chi connectivity index (χ4n) is 3.88. The molecular formula is C27H36O6. The first-order valence-electron chi connectivity index (χ1n) is 11.4. The molecule has 0 aliphatic rings. The zero-order chi connectivity index (χ0) is 24.0. The maximum Gasteiger partial charge on any atom is 0.135 e. The number of hydrogen-bond donors (Lipinski definition) is 2. The van der Waals surface area contributed by atoms with Crippen LogP contribution in [-0.2, 0) is 14.9 Å². The molecule has 6 nitrogen and oxygen atoms in total. The maximum atomic E-state index is 10.2. The van der Waals surface area contributed by atoms with Gasteiger partial charge in [-0.3, -0.25) is 0 Å². The quantitative estimate of drug-likeness (QED) is 0.392. The van der Waals surface area contributed by atoms with E-state index in [4.69, 9.17) is 18.9 Å². The molecule has 180 valence electrons. The summed E-state index contributed by atoms with van der Waals surface area (Å²) in [7, 11) is 3.10. The molecule has 2 N–H and O–H groups in total. The Balaban J connectivity index is 2.20. The van der Waals surface area contributed by atoms with E-state index in [1.54, 1.807) is 14.2 Å². The molecule has 3 aromatic carbocycles. The molecule has 0 bridgehead atoms. The number of aliphatic hydroxyl groups is 2. The van der Waals surface area contributed by atoms with Crippen LogP contribution in [0.1, 0.15) is 32.8 Å². The van der Waals surface area contributed by atoms with E-state index in [1.165, 1.54) is 5.56 Å². The van der Waals surface area contributed by atoms with Crippen molar-refractivity contribution in [1.29, 1.82) is 0 Å². The molecule has 0 aromatic heterocycles. The van der Waals surface area contributed by atoms with Crippen molar-refractivity contribution >= 4 is 21.5 Å². The highest BCUT2D eigenvalue weighted by molar-refractivity contribution is 6.11. The lowest BCUT2D eigenvalue weighted by molar-refractivity contribution is 0.0327. The third-order valence-electron chi connectivity index (χ3n) is 6.15. The predicted molar refractivity (Wildman–Crippen MR) is 132 cm³/mol. The Labute approximate surface area is 196 Å². The molecule has 0 radical (unpaired) electrons. The SMILES string of the molecule is CCC(C)(C)c1ccc2c(OCC(O)COC)c3ccccc3c(OCC(O)COC)c2c1. The van der Waals surface area contributed by atoms with Gasteiger partial charge in [-0.15, -0.1) is 0 Å². The van der Waals surface area contributed by atoms with Crippen LogP contribution in [0.15, 0.2) is 42.5 Å². The molecular weight excluding hydrogens is 420 g/mol. The first kappa shape index (κ1) is 25.2. The van der Waals surface area contributed by atoms with Crippen molar-refractivity contribution < 1.29 is 29.2 Å². The summed E-state index contributed by atoms with van der Waals surface area (Å²) in [5, 5.41) is 24.0. The molecule has 0 spiro atoms. The van der Waals surface area contributed by atoms with Crippen LogP contribution in [0.4, 0.5) is 0 Å². The van der Waals surface area contributed by atoms with E-state index in [0.29, 0.717) is 11.5 Å². The van der Waals surface area contributed by atoms with Crippen molar-refractivity contribution in [2.75, 3.05) is 40.6 Å². The Morgan fingerprint density at radius 1 is 0.727 bits per heavy atom. The van der Waals surface area contributed by atoms with Gasteiger partial charge in [-0.2, -0.15) is 0 Å². The predicted octanol–water partition coefficient (Wildman–Crippen LogP) is 4.45. The second kappa shape index (κ2) is 11.2. The molecule has 0 fully saturated rings. The number of methoxy groups -OCH3 is 2. The average Bonchev–Trinajstić information content (AvgIpc) is 2.81. The summed E-state index contributed by atoms with van der Waals surface area (Å²) in [5.41, 5.74) is 1.18. The van der Waals surface area contributed by atoms with Crippen LogP contribution in [0.25, 0.3) is 21.5 Å². The van der Waals surface area contributed by atoms with Gasteiger partial charge in [0.15, 0.2) is 0 Å². The molecule has 0 aliphatic heterocycles. The van der Waals surface area contributed by atoms with E-state index in [9.17, 15) is 10.2 Å².